The van der Waals surface area contributed by atoms with Crippen molar-refractivity contribution < 1.29 is 57.1 Å². The molecule has 2 rings (SSSR count). The Balaban J connectivity index is 2.66. The third-order valence-corrected chi connectivity index (χ3v) is 3.63. The van der Waals surface area contributed by atoms with E-state index in [0.29, 0.717) is 0 Å². The number of imidazole rings is 1. The molecule has 0 fully saturated rings. The molecule has 0 amide bonds. The maximum Gasteiger partial charge on any atom is 0.460 e. The second kappa shape index (κ2) is 6.13. The third kappa shape index (κ3) is 2.84. The van der Waals surface area contributed by atoms with Gasteiger partial charge in [-0.3, -0.25) is 0 Å². The van der Waals surface area contributed by atoms with Gasteiger partial charge in [-0.2, -0.15) is 67.0 Å². The van der Waals surface area contributed by atoms with Gasteiger partial charge in [-0.05, 0) is 0 Å². The molecular formula is C11H5F13N6. The van der Waals surface area contributed by atoms with Crippen LogP contribution in [-0.2, 0) is 5.92 Å². The number of rotatable bonds is 5. The first-order valence-electron chi connectivity index (χ1n) is 6.88. The monoisotopic (exact) mass is 468 g/mol. The Kier molecular flexibility index (Phi) is 4.80. The Bertz CT molecular complexity index is 962. The summed E-state index contributed by atoms with van der Waals surface area (Å²) < 4.78 is 171. The van der Waals surface area contributed by atoms with Crippen LogP contribution in [0.3, 0.4) is 0 Å². The summed E-state index contributed by atoms with van der Waals surface area (Å²) in [5, 5.41) is 0. The van der Waals surface area contributed by atoms with Gasteiger partial charge in [0.15, 0.2) is 17.3 Å². The number of nitrogen functional groups attached to an aromatic ring is 2. The van der Waals surface area contributed by atoms with E-state index in [-0.39, 0.29) is 0 Å². The Morgan fingerprint density at radius 1 is 0.600 bits per heavy atom. The highest BCUT2D eigenvalue weighted by Gasteiger charge is 2.91. The molecule has 2 heterocycles. The number of aromatic amines is 1. The van der Waals surface area contributed by atoms with E-state index in [1.54, 1.807) is 0 Å². The largest absolute Gasteiger partial charge is 0.460 e. The van der Waals surface area contributed by atoms with Crippen LogP contribution < -0.4 is 11.5 Å². The van der Waals surface area contributed by atoms with Gasteiger partial charge in [0.2, 0.25) is 5.95 Å². The van der Waals surface area contributed by atoms with Gasteiger partial charge in [0, 0.05) is 0 Å². The summed E-state index contributed by atoms with van der Waals surface area (Å²) >= 11 is 0. The van der Waals surface area contributed by atoms with Crippen molar-refractivity contribution in [2.24, 2.45) is 0 Å². The highest BCUT2D eigenvalue weighted by Crippen LogP contribution is 2.61. The maximum atomic E-state index is 14.0. The van der Waals surface area contributed by atoms with Crippen LogP contribution in [0.1, 0.15) is 5.82 Å². The molecule has 6 nitrogen and oxygen atoms in total. The number of aromatic nitrogens is 4. The van der Waals surface area contributed by atoms with E-state index in [9.17, 15) is 57.1 Å². The van der Waals surface area contributed by atoms with Gasteiger partial charge in [-0.25, -0.2) is 4.98 Å². The lowest BCUT2D eigenvalue weighted by atomic mass is 9.93. The lowest BCUT2D eigenvalue weighted by Crippen LogP contribution is -2.69. The first-order valence-corrected chi connectivity index (χ1v) is 6.88. The summed E-state index contributed by atoms with van der Waals surface area (Å²) in [4.78, 5) is 10.0. The number of halogens is 13. The van der Waals surface area contributed by atoms with Crippen molar-refractivity contribution in [2.75, 3.05) is 11.5 Å². The van der Waals surface area contributed by atoms with Crippen LogP contribution in [0.25, 0.3) is 11.2 Å². The predicted octanol–water partition coefficient (Wildman–Crippen LogP) is 3.71. The minimum absolute atomic E-state index is 0.783. The molecule has 19 heteroatoms. The number of hydrogen-bond acceptors (Lipinski definition) is 5. The molecule has 0 radical (unpaired) electrons. The highest BCUT2D eigenvalue weighted by atomic mass is 19.4. The highest BCUT2D eigenvalue weighted by molar-refractivity contribution is 5.82. The van der Waals surface area contributed by atoms with Crippen LogP contribution in [0.15, 0.2) is 0 Å². The Morgan fingerprint density at radius 2 is 1.07 bits per heavy atom. The van der Waals surface area contributed by atoms with Crippen LogP contribution in [0, 0.1) is 0 Å². The molecule has 0 atom stereocenters. The fourth-order valence-electron chi connectivity index (χ4n) is 2.00. The normalized spacial score (nSPS) is 15.1. The van der Waals surface area contributed by atoms with Crippen LogP contribution in [0.2, 0.25) is 0 Å². The number of nitrogens with two attached hydrogens (primary N) is 2. The van der Waals surface area contributed by atoms with Crippen LogP contribution in [0.5, 0.6) is 0 Å². The summed E-state index contributed by atoms with van der Waals surface area (Å²) in [5.41, 5.74) is 8.22. The van der Waals surface area contributed by atoms with E-state index in [1.165, 1.54) is 4.98 Å². The van der Waals surface area contributed by atoms with Crippen molar-refractivity contribution in [1.82, 2.24) is 19.9 Å². The molecule has 0 bridgehead atoms. The molecule has 2 aromatic rings. The molecule has 5 N–H and O–H groups in total. The van der Waals surface area contributed by atoms with E-state index < -0.39 is 64.5 Å². The first kappa shape index (κ1) is 23.5. The summed E-state index contributed by atoms with van der Waals surface area (Å²) in [6.45, 7) is 0. The zero-order valence-electron chi connectivity index (χ0n) is 13.4. The van der Waals surface area contributed by atoms with Gasteiger partial charge < -0.3 is 16.5 Å². The van der Waals surface area contributed by atoms with E-state index in [2.05, 4.69) is 15.0 Å². The second-order valence-corrected chi connectivity index (χ2v) is 5.62. The van der Waals surface area contributed by atoms with Crippen molar-refractivity contribution >= 4 is 22.9 Å². The lowest BCUT2D eigenvalue weighted by Gasteiger charge is -2.39. The molecule has 0 spiro atoms. The Morgan fingerprint density at radius 3 is 1.53 bits per heavy atom. The number of H-pyrrole nitrogens is 1. The SMILES string of the molecule is Nc1nc(N)c2[nH]c(C(F)(F)C(F)(F)C(F)(F)C(F)(F)C(F)(F)C(F)(F)F)nc2n1. The van der Waals surface area contributed by atoms with Crippen LogP contribution >= 0.6 is 0 Å². The van der Waals surface area contributed by atoms with Crippen molar-refractivity contribution in [3.05, 3.63) is 5.82 Å². The van der Waals surface area contributed by atoms with Crippen molar-refractivity contribution in [1.29, 1.82) is 0 Å². The Labute approximate surface area is 154 Å². The first-order chi connectivity index (χ1) is 13.1. The van der Waals surface area contributed by atoms with Crippen molar-refractivity contribution in [3.8, 4) is 0 Å². The van der Waals surface area contributed by atoms with E-state index in [0.717, 1.165) is 0 Å². The fraction of sp³-hybridized carbons (Fsp3) is 0.545. The number of fused-ring (bicyclic) bond motifs is 1. The van der Waals surface area contributed by atoms with E-state index >= 15 is 0 Å². The molecule has 170 valence electrons. The number of anilines is 2. The van der Waals surface area contributed by atoms with Gasteiger partial charge >= 0.3 is 35.8 Å². The number of nitrogens with zero attached hydrogens (tertiary/aromatic N) is 3. The number of alkyl halides is 13. The minimum atomic E-state index is -8.01. The molecule has 0 unspecified atom stereocenters. The standard InChI is InChI=1S/C11H5F13N6/c12-6(13,4-27-1-2(25)28-5(26)30-3(1)29-4)7(14,15)8(16,17)9(18,19)10(20,21)11(22,23)24/h(H5,25,26,27,28,29,30). The summed E-state index contributed by atoms with van der Waals surface area (Å²) in [6.07, 6.45) is -7.49. The zero-order chi connectivity index (χ0) is 23.7. The summed E-state index contributed by atoms with van der Waals surface area (Å²) in [5.74, 6) is -42.1. The summed E-state index contributed by atoms with van der Waals surface area (Å²) in [6, 6.07) is 0. The number of nitrogens with one attached hydrogen (secondary N) is 1. The van der Waals surface area contributed by atoms with Gasteiger partial charge in [-0.1, -0.05) is 0 Å². The number of hydrogen-bond donors (Lipinski definition) is 3. The third-order valence-electron chi connectivity index (χ3n) is 3.63. The smallest absolute Gasteiger partial charge is 0.382 e. The molecular weight excluding hydrogens is 463 g/mol. The molecule has 0 aromatic carbocycles. The molecule has 0 aliphatic rings. The minimum Gasteiger partial charge on any atom is -0.382 e. The molecule has 0 aliphatic carbocycles. The average molecular weight is 468 g/mol. The topological polar surface area (TPSA) is 106 Å². The summed E-state index contributed by atoms with van der Waals surface area (Å²) in [7, 11) is 0. The van der Waals surface area contributed by atoms with Crippen LogP contribution in [0.4, 0.5) is 68.8 Å². The van der Waals surface area contributed by atoms with Gasteiger partial charge in [0.1, 0.15) is 5.52 Å². The zero-order valence-corrected chi connectivity index (χ0v) is 13.4. The molecule has 0 aliphatic heterocycles. The van der Waals surface area contributed by atoms with Crippen LogP contribution in [-0.4, -0.2) is 49.8 Å². The predicted molar refractivity (Wildman–Crippen MR) is 70.2 cm³/mol. The van der Waals surface area contributed by atoms with E-state index in [1.807, 2.05) is 0 Å². The quantitative estimate of drug-likeness (QED) is 0.581. The van der Waals surface area contributed by atoms with Gasteiger partial charge in [-0.15, -0.1) is 0 Å². The van der Waals surface area contributed by atoms with Crippen molar-refractivity contribution in [3.63, 3.8) is 0 Å². The molecule has 30 heavy (non-hydrogen) atoms. The lowest BCUT2D eigenvalue weighted by molar-refractivity contribution is -0.442. The Hall–Kier alpha value is -2.76. The van der Waals surface area contributed by atoms with Gasteiger partial charge in [0.25, 0.3) is 0 Å². The second-order valence-electron chi connectivity index (χ2n) is 5.62. The molecule has 0 saturated heterocycles. The van der Waals surface area contributed by atoms with E-state index in [4.69, 9.17) is 11.5 Å². The molecule has 2 aromatic heterocycles. The average Bonchev–Trinajstić information content (AvgIpc) is 2.98. The fourth-order valence-corrected chi connectivity index (χ4v) is 2.00. The van der Waals surface area contributed by atoms with Gasteiger partial charge in [0.05, 0.1) is 0 Å². The maximum absolute atomic E-state index is 14.0. The molecule has 0 saturated carbocycles. The van der Waals surface area contributed by atoms with Crippen molar-refractivity contribution in [2.45, 2.75) is 35.8 Å².